The molecule has 0 radical (unpaired) electrons. The van der Waals surface area contributed by atoms with Crippen LogP contribution in [0.15, 0.2) is 41.5 Å². The van der Waals surface area contributed by atoms with Gasteiger partial charge < -0.3 is 14.7 Å². The maximum absolute atomic E-state index is 9.93. The van der Waals surface area contributed by atoms with Crippen molar-refractivity contribution in [2.45, 2.75) is 20.1 Å². The zero-order valence-corrected chi connectivity index (χ0v) is 9.45. The Hall–Kier alpha value is -1.44. The van der Waals surface area contributed by atoms with Crippen LogP contribution in [0.1, 0.15) is 13.8 Å². The topological polar surface area (TPSA) is 32.7 Å². The second-order valence-corrected chi connectivity index (χ2v) is 3.55. The standard InChI is InChI=1S/C12H17NO2/c1-5-13-8-9(2)6-11(12(13)14)7-10(3)15-4/h5,7,12,14H,1,8H2,2-4H3. The first-order chi connectivity index (χ1) is 7.08. The van der Waals surface area contributed by atoms with E-state index in [4.69, 9.17) is 4.74 Å². The minimum absolute atomic E-state index is 0.661. The summed E-state index contributed by atoms with van der Waals surface area (Å²) in [6.07, 6.45) is 2.73. The van der Waals surface area contributed by atoms with Crippen molar-refractivity contribution in [2.24, 2.45) is 0 Å². The number of allylic oxidation sites excluding steroid dienone is 1. The summed E-state index contributed by atoms with van der Waals surface area (Å²) in [7, 11) is 1.60. The van der Waals surface area contributed by atoms with Gasteiger partial charge >= 0.3 is 0 Å². The van der Waals surface area contributed by atoms with Gasteiger partial charge in [0.25, 0.3) is 0 Å². The highest BCUT2D eigenvalue weighted by molar-refractivity contribution is 5.29. The number of ether oxygens (including phenoxy) is 1. The van der Waals surface area contributed by atoms with E-state index in [9.17, 15) is 5.11 Å². The van der Waals surface area contributed by atoms with Gasteiger partial charge in [0.05, 0.1) is 12.9 Å². The van der Waals surface area contributed by atoms with E-state index in [1.54, 1.807) is 24.3 Å². The minimum Gasteiger partial charge on any atom is -0.501 e. The Morgan fingerprint density at radius 1 is 1.73 bits per heavy atom. The maximum Gasteiger partial charge on any atom is 0.160 e. The molecule has 0 bridgehead atoms. The van der Waals surface area contributed by atoms with E-state index in [0.29, 0.717) is 12.1 Å². The predicted octanol–water partition coefficient (Wildman–Crippen LogP) is 1.79. The van der Waals surface area contributed by atoms with Crippen molar-refractivity contribution in [1.82, 2.24) is 4.90 Å². The molecule has 0 saturated heterocycles. The van der Waals surface area contributed by atoms with Crippen molar-refractivity contribution in [3.05, 3.63) is 41.5 Å². The Morgan fingerprint density at radius 2 is 2.40 bits per heavy atom. The number of hydrogen-bond donors (Lipinski definition) is 1. The molecule has 15 heavy (non-hydrogen) atoms. The Morgan fingerprint density at radius 3 is 2.93 bits per heavy atom. The van der Waals surface area contributed by atoms with Gasteiger partial charge in [-0.25, -0.2) is 0 Å². The van der Waals surface area contributed by atoms with Crippen LogP contribution in [0.4, 0.5) is 0 Å². The number of nitrogens with zero attached hydrogens (tertiary/aromatic N) is 1. The van der Waals surface area contributed by atoms with Crippen LogP contribution in [0, 0.1) is 0 Å². The molecule has 1 unspecified atom stereocenters. The summed E-state index contributed by atoms with van der Waals surface area (Å²) in [4.78, 5) is 1.75. The van der Waals surface area contributed by atoms with E-state index < -0.39 is 6.23 Å². The summed E-state index contributed by atoms with van der Waals surface area (Å²) >= 11 is 0. The zero-order chi connectivity index (χ0) is 11.4. The molecule has 0 amide bonds. The monoisotopic (exact) mass is 207 g/mol. The average molecular weight is 207 g/mol. The fourth-order valence-electron chi connectivity index (χ4n) is 1.44. The van der Waals surface area contributed by atoms with Gasteiger partial charge in [-0.15, -0.1) is 5.73 Å². The van der Waals surface area contributed by atoms with Crippen molar-refractivity contribution >= 4 is 0 Å². The summed E-state index contributed by atoms with van der Waals surface area (Å²) in [5.74, 6) is 0.746. The molecule has 1 N–H and O–H groups in total. The van der Waals surface area contributed by atoms with E-state index in [2.05, 4.69) is 12.3 Å². The molecule has 1 rings (SSSR count). The molecule has 0 fully saturated rings. The van der Waals surface area contributed by atoms with Crippen molar-refractivity contribution in [2.75, 3.05) is 13.7 Å². The molecule has 82 valence electrons. The largest absolute Gasteiger partial charge is 0.501 e. The van der Waals surface area contributed by atoms with Crippen molar-refractivity contribution in [1.29, 1.82) is 0 Å². The second-order valence-electron chi connectivity index (χ2n) is 3.55. The minimum atomic E-state index is -0.684. The lowest BCUT2D eigenvalue weighted by molar-refractivity contribution is 0.0756. The fraction of sp³-hybridized carbons (Fsp3) is 0.417. The third-order valence-corrected chi connectivity index (χ3v) is 2.29. The zero-order valence-electron chi connectivity index (χ0n) is 9.45. The smallest absolute Gasteiger partial charge is 0.160 e. The van der Waals surface area contributed by atoms with Crippen LogP contribution in [-0.4, -0.2) is 29.9 Å². The van der Waals surface area contributed by atoms with Crippen LogP contribution in [0.5, 0.6) is 0 Å². The van der Waals surface area contributed by atoms with Crippen LogP contribution >= 0.6 is 0 Å². The second kappa shape index (κ2) is 4.87. The van der Waals surface area contributed by atoms with E-state index in [1.807, 2.05) is 13.8 Å². The molecule has 1 aliphatic heterocycles. The molecule has 0 saturated carbocycles. The van der Waals surface area contributed by atoms with Crippen LogP contribution in [0.2, 0.25) is 0 Å². The van der Waals surface area contributed by atoms with Crippen LogP contribution in [-0.2, 0) is 4.74 Å². The molecule has 3 heteroatoms. The molecular formula is C12H17NO2. The van der Waals surface area contributed by atoms with E-state index in [1.165, 1.54) is 0 Å². The molecular weight excluding hydrogens is 190 g/mol. The van der Waals surface area contributed by atoms with Crippen LogP contribution in [0.3, 0.4) is 0 Å². The molecule has 1 aliphatic rings. The summed E-state index contributed by atoms with van der Waals surface area (Å²) < 4.78 is 5.04. The molecule has 0 aromatic heterocycles. The number of aliphatic hydroxyl groups is 1. The number of hydrogen-bond acceptors (Lipinski definition) is 3. The number of aliphatic hydroxyl groups excluding tert-OH is 1. The Labute approximate surface area is 90.7 Å². The van der Waals surface area contributed by atoms with Crippen LogP contribution in [0.25, 0.3) is 0 Å². The fourth-order valence-corrected chi connectivity index (χ4v) is 1.44. The third-order valence-electron chi connectivity index (χ3n) is 2.29. The Kier molecular flexibility index (Phi) is 3.78. The van der Waals surface area contributed by atoms with Gasteiger partial charge in [-0.3, -0.25) is 0 Å². The van der Waals surface area contributed by atoms with Gasteiger partial charge in [0, 0.05) is 12.1 Å². The number of rotatable bonds is 3. The molecule has 1 atom stereocenters. The van der Waals surface area contributed by atoms with Crippen molar-refractivity contribution in [3.8, 4) is 0 Å². The molecule has 1 heterocycles. The normalized spacial score (nSPS) is 22.0. The molecule has 0 spiro atoms. The van der Waals surface area contributed by atoms with Gasteiger partial charge in [-0.2, -0.15) is 0 Å². The van der Waals surface area contributed by atoms with E-state index >= 15 is 0 Å². The van der Waals surface area contributed by atoms with Gasteiger partial charge in [-0.05, 0) is 31.7 Å². The lowest BCUT2D eigenvalue weighted by Crippen LogP contribution is -2.34. The first kappa shape index (κ1) is 11.6. The Bertz CT molecular complexity index is 349. The van der Waals surface area contributed by atoms with Gasteiger partial charge in [-0.1, -0.05) is 6.58 Å². The molecule has 0 aliphatic carbocycles. The lowest BCUT2D eigenvalue weighted by atomic mass is 10.1. The SMILES string of the molecule is C=CN1CC(C)=C=C(C=C(C)OC)C1O. The summed E-state index contributed by atoms with van der Waals surface area (Å²) in [6, 6.07) is 0. The van der Waals surface area contributed by atoms with Crippen molar-refractivity contribution < 1.29 is 9.84 Å². The van der Waals surface area contributed by atoms with E-state index in [0.717, 1.165) is 11.3 Å². The summed E-state index contributed by atoms with van der Waals surface area (Å²) in [5, 5.41) is 9.93. The predicted molar refractivity (Wildman–Crippen MR) is 59.9 cm³/mol. The molecule has 0 aromatic carbocycles. The first-order valence-electron chi connectivity index (χ1n) is 4.83. The van der Waals surface area contributed by atoms with Crippen molar-refractivity contribution in [3.63, 3.8) is 0 Å². The molecule has 3 nitrogen and oxygen atoms in total. The summed E-state index contributed by atoms with van der Waals surface area (Å²) in [6.45, 7) is 8.13. The highest BCUT2D eigenvalue weighted by Crippen LogP contribution is 2.18. The highest BCUT2D eigenvalue weighted by atomic mass is 16.5. The van der Waals surface area contributed by atoms with Gasteiger partial charge in [0.15, 0.2) is 6.23 Å². The molecule has 0 aromatic rings. The summed E-state index contributed by atoms with van der Waals surface area (Å²) in [5.41, 5.74) is 4.90. The van der Waals surface area contributed by atoms with Gasteiger partial charge in [0.2, 0.25) is 0 Å². The third kappa shape index (κ3) is 2.75. The lowest BCUT2D eigenvalue weighted by Gasteiger charge is -2.29. The quantitative estimate of drug-likeness (QED) is 0.565. The average Bonchev–Trinajstić information content (AvgIpc) is 2.22. The number of methoxy groups -OCH3 is 1. The van der Waals surface area contributed by atoms with Gasteiger partial charge in [0.1, 0.15) is 0 Å². The maximum atomic E-state index is 9.93. The van der Waals surface area contributed by atoms with Crippen LogP contribution < -0.4 is 0 Å². The first-order valence-corrected chi connectivity index (χ1v) is 4.83. The highest BCUT2D eigenvalue weighted by Gasteiger charge is 2.19. The van der Waals surface area contributed by atoms with E-state index in [-0.39, 0.29) is 0 Å². The Balaban J connectivity index is 3.04.